The molecular weight excluding hydrogens is 414 g/mol. The average molecular weight is 446 g/mol. The molecule has 2 aromatic carbocycles. The number of carbonyl (C=O) groups is 2. The molecule has 4 rings (SSSR count). The zero-order valence-electron chi connectivity index (χ0n) is 18.9. The number of carboxylic acid groups (broad SMARTS) is 1. The van der Waals surface area contributed by atoms with Gasteiger partial charge in [0, 0.05) is 12.6 Å². The number of likely N-dealkylation sites (tertiary alicyclic amines) is 1. The van der Waals surface area contributed by atoms with Gasteiger partial charge in [-0.05, 0) is 79.0 Å². The van der Waals surface area contributed by atoms with E-state index < -0.39 is 12.0 Å². The molecule has 0 aromatic heterocycles. The van der Waals surface area contributed by atoms with Crippen molar-refractivity contribution in [1.29, 1.82) is 0 Å². The molecule has 0 radical (unpaired) electrons. The monoisotopic (exact) mass is 445 g/mol. The number of phenolic OH excluding ortho intramolecular Hbond substituents is 1. The molecule has 172 valence electrons. The largest absolute Gasteiger partial charge is 0.508 e. The maximum absolute atomic E-state index is 12.5. The summed E-state index contributed by atoms with van der Waals surface area (Å²) in [5.74, 6) is -0.932. The van der Waals surface area contributed by atoms with Crippen LogP contribution in [0.3, 0.4) is 0 Å². The number of amides is 1. The predicted octanol–water partition coefficient (Wildman–Crippen LogP) is 5.64. The fraction of sp³-hybridized carbons (Fsp3) is 0.357. The van der Waals surface area contributed by atoms with Crippen LogP contribution in [0.5, 0.6) is 5.75 Å². The first-order valence-corrected chi connectivity index (χ1v) is 11.9. The fourth-order valence-electron chi connectivity index (χ4n) is 4.92. The molecule has 5 nitrogen and oxygen atoms in total. The summed E-state index contributed by atoms with van der Waals surface area (Å²) in [7, 11) is 0. The van der Waals surface area contributed by atoms with E-state index in [2.05, 4.69) is 12.1 Å². The fourth-order valence-corrected chi connectivity index (χ4v) is 4.92. The predicted molar refractivity (Wildman–Crippen MR) is 130 cm³/mol. The lowest BCUT2D eigenvalue weighted by Crippen LogP contribution is -2.39. The van der Waals surface area contributed by atoms with Gasteiger partial charge in [0.25, 0.3) is 0 Å². The van der Waals surface area contributed by atoms with Gasteiger partial charge in [0.05, 0.1) is 0 Å². The Morgan fingerprint density at radius 1 is 0.848 bits per heavy atom. The van der Waals surface area contributed by atoms with E-state index in [4.69, 9.17) is 0 Å². The number of phenols is 1. The maximum Gasteiger partial charge on any atom is 0.326 e. The molecule has 2 aliphatic rings. The molecule has 33 heavy (non-hydrogen) atoms. The number of nitrogens with zero attached hydrogens (tertiary/aromatic N) is 1. The Kier molecular flexibility index (Phi) is 7.28. The van der Waals surface area contributed by atoms with E-state index in [1.54, 1.807) is 18.2 Å². The number of rotatable bonds is 5. The quantitative estimate of drug-likeness (QED) is 0.461. The Morgan fingerprint density at radius 2 is 1.45 bits per heavy atom. The van der Waals surface area contributed by atoms with E-state index in [0.29, 0.717) is 13.0 Å². The van der Waals surface area contributed by atoms with Crippen molar-refractivity contribution in [2.45, 2.75) is 57.4 Å². The molecule has 2 aromatic rings. The van der Waals surface area contributed by atoms with Gasteiger partial charge in [0.15, 0.2) is 0 Å². The van der Waals surface area contributed by atoms with Crippen molar-refractivity contribution in [1.82, 2.24) is 4.90 Å². The van der Waals surface area contributed by atoms with Crippen LogP contribution in [-0.4, -0.2) is 39.6 Å². The Hall–Kier alpha value is -3.34. The summed E-state index contributed by atoms with van der Waals surface area (Å²) in [6.45, 7) is 0.489. The number of aromatic hydroxyl groups is 1. The summed E-state index contributed by atoms with van der Waals surface area (Å²) in [6, 6.07) is 14.9. The van der Waals surface area contributed by atoms with Gasteiger partial charge in [-0.3, -0.25) is 4.79 Å². The molecule has 1 heterocycles. The summed E-state index contributed by atoms with van der Waals surface area (Å²) >= 11 is 0. The van der Waals surface area contributed by atoms with Crippen LogP contribution in [0.15, 0.2) is 60.2 Å². The molecule has 1 aliphatic carbocycles. The smallest absolute Gasteiger partial charge is 0.326 e. The van der Waals surface area contributed by atoms with E-state index >= 15 is 0 Å². The highest BCUT2D eigenvalue weighted by Gasteiger charge is 2.32. The van der Waals surface area contributed by atoms with Crippen molar-refractivity contribution in [3.8, 4) is 5.75 Å². The van der Waals surface area contributed by atoms with Crippen LogP contribution in [0.2, 0.25) is 0 Å². The Labute approximate surface area is 195 Å². The van der Waals surface area contributed by atoms with Crippen molar-refractivity contribution >= 4 is 23.5 Å². The van der Waals surface area contributed by atoms with Crippen LogP contribution in [-0.2, 0) is 9.59 Å². The van der Waals surface area contributed by atoms with E-state index in [1.807, 2.05) is 24.3 Å². The minimum Gasteiger partial charge on any atom is -0.508 e. The third-order valence-corrected chi connectivity index (χ3v) is 6.66. The van der Waals surface area contributed by atoms with Gasteiger partial charge < -0.3 is 15.1 Å². The Balaban J connectivity index is 1.57. The maximum atomic E-state index is 12.5. The van der Waals surface area contributed by atoms with Crippen LogP contribution in [0.1, 0.15) is 68.1 Å². The molecule has 2 N–H and O–H groups in total. The van der Waals surface area contributed by atoms with Crippen molar-refractivity contribution in [3.63, 3.8) is 0 Å². The molecule has 0 spiro atoms. The van der Waals surface area contributed by atoms with Gasteiger partial charge >= 0.3 is 5.97 Å². The number of allylic oxidation sites excluding steroid dienone is 1. The lowest BCUT2D eigenvalue weighted by molar-refractivity contribution is -0.146. The molecular formula is C28H31NO4. The highest BCUT2D eigenvalue weighted by atomic mass is 16.4. The second-order valence-electron chi connectivity index (χ2n) is 8.92. The van der Waals surface area contributed by atoms with E-state index in [1.165, 1.54) is 47.8 Å². The van der Waals surface area contributed by atoms with Crippen LogP contribution in [0, 0.1) is 0 Å². The molecule has 1 saturated heterocycles. The minimum absolute atomic E-state index is 0.255. The lowest BCUT2D eigenvalue weighted by Gasteiger charge is -2.19. The van der Waals surface area contributed by atoms with Crippen LogP contribution in [0.4, 0.5) is 0 Å². The topological polar surface area (TPSA) is 77.8 Å². The first kappa shape index (κ1) is 22.8. The van der Waals surface area contributed by atoms with Crippen LogP contribution < -0.4 is 0 Å². The highest BCUT2D eigenvalue weighted by Crippen LogP contribution is 2.35. The lowest BCUT2D eigenvalue weighted by atomic mass is 9.89. The minimum atomic E-state index is -0.938. The van der Waals surface area contributed by atoms with Crippen LogP contribution in [0.25, 0.3) is 11.6 Å². The second kappa shape index (κ2) is 10.5. The van der Waals surface area contributed by atoms with E-state index in [0.717, 1.165) is 36.0 Å². The SMILES string of the molecule is O=C(O)[C@@H]1CCCN1C(=O)/C=C/c1ccc(C(=C2CCCCCC2)c2ccc(O)cc2)cc1. The zero-order valence-corrected chi connectivity index (χ0v) is 18.9. The Bertz CT molecular complexity index is 1040. The van der Waals surface area contributed by atoms with Gasteiger partial charge in [0.1, 0.15) is 11.8 Å². The van der Waals surface area contributed by atoms with Crippen molar-refractivity contribution in [2.24, 2.45) is 0 Å². The van der Waals surface area contributed by atoms with Crippen molar-refractivity contribution < 1.29 is 19.8 Å². The molecule has 1 atom stereocenters. The second-order valence-corrected chi connectivity index (χ2v) is 8.92. The molecule has 0 bridgehead atoms. The number of aliphatic carboxylic acids is 1. The summed E-state index contributed by atoms with van der Waals surface area (Å²) in [5, 5.41) is 19.0. The van der Waals surface area contributed by atoms with E-state index in [9.17, 15) is 19.8 Å². The van der Waals surface area contributed by atoms with Crippen molar-refractivity contribution in [3.05, 3.63) is 76.9 Å². The summed E-state index contributed by atoms with van der Waals surface area (Å²) in [6.07, 6.45) is 11.6. The van der Waals surface area contributed by atoms with Gasteiger partial charge in [-0.2, -0.15) is 0 Å². The molecule has 1 aliphatic heterocycles. The van der Waals surface area contributed by atoms with E-state index in [-0.39, 0.29) is 11.7 Å². The molecule has 2 fully saturated rings. The standard InChI is InChI=1S/C28H31NO4/c30-24-16-14-23(15-17-24)27(21-6-3-1-2-4-7-21)22-12-9-20(10-13-22)11-18-26(31)29-19-5-8-25(29)28(32)33/h9-18,25,30H,1-8,19H2,(H,32,33)/b18-11+/t25-/m0/s1. The number of hydrogen-bond donors (Lipinski definition) is 2. The number of benzene rings is 2. The van der Waals surface area contributed by atoms with Gasteiger partial charge in [-0.15, -0.1) is 0 Å². The third-order valence-electron chi connectivity index (χ3n) is 6.66. The van der Waals surface area contributed by atoms with Gasteiger partial charge in [0.2, 0.25) is 5.91 Å². The van der Waals surface area contributed by atoms with Gasteiger partial charge in [-0.1, -0.05) is 54.8 Å². The summed E-state index contributed by atoms with van der Waals surface area (Å²) in [5.41, 5.74) is 5.84. The molecule has 0 unspecified atom stereocenters. The number of hydrogen-bond acceptors (Lipinski definition) is 3. The number of carbonyl (C=O) groups excluding carboxylic acids is 1. The van der Waals surface area contributed by atoms with Crippen LogP contribution >= 0.6 is 0 Å². The summed E-state index contributed by atoms with van der Waals surface area (Å²) < 4.78 is 0. The van der Waals surface area contributed by atoms with Gasteiger partial charge in [-0.25, -0.2) is 4.79 Å². The highest BCUT2D eigenvalue weighted by molar-refractivity contribution is 5.95. The first-order valence-electron chi connectivity index (χ1n) is 11.9. The summed E-state index contributed by atoms with van der Waals surface area (Å²) in [4.78, 5) is 25.3. The molecule has 1 saturated carbocycles. The Morgan fingerprint density at radius 3 is 2.06 bits per heavy atom. The average Bonchev–Trinajstić information content (AvgIpc) is 3.18. The number of carboxylic acids is 1. The molecule has 5 heteroatoms. The first-order chi connectivity index (χ1) is 16.0. The van der Waals surface area contributed by atoms with Crippen molar-refractivity contribution in [2.75, 3.05) is 6.54 Å². The normalized spacial score (nSPS) is 19.0. The third kappa shape index (κ3) is 5.54. The zero-order chi connectivity index (χ0) is 23.2. The molecule has 1 amide bonds.